The van der Waals surface area contributed by atoms with E-state index in [4.69, 9.17) is 0 Å². The number of hydrogen-bond donors (Lipinski definition) is 1. The van der Waals surface area contributed by atoms with Crippen molar-refractivity contribution in [3.8, 4) is 0 Å². The van der Waals surface area contributed by atoms with E-state index < -0.39 is 10.0 Å². The molecule has 0 unspecified atom stereocenters. The van der Waals surface area contributed by atoms with Gasteiger partial charge < -0.3 is 10.2 Å². The molecule has 0 aliphatic carbocycles. The van der Waals surface area contributed by atoms with Gasteiger partial charge in [0.15, 0.2) is 0 Å². The Morgan fingerprint density at radius 1 is 0.879 bits per heavy atom. The van der Waals surface area contributed by atoms with Crippen molar-refractivity contribution in [2.75, 3.05) is 42.1 Å². The summed E-state index contributed by atoms with van der Waals surface area (Å²) in [5, 5.41) is 3.55. The number of amides is 1. The van der Waals surface area contributed by atoms with Crippen molar-refractivity contribution in [1.29, 1.82) is 0 Å². The van der Waals surface area contributed by atoms with Gasteiger partial charge in [-0.25, -0.2) is 13.4 Å². The number of pyridine rings is 1. The number of piperidine rings is 1. The number of carbonyl (C=O) groups excluding carboxylic acids is 1. The summed E-state index contributed by atoms with van der Waals surface area (Å²) < 4.78 is 27.0. The van der Waals surface area contributed by atoms with E-state index in [1.54, 1.807) is 12.1 Å². The number of nitrogens with one attached hydrogen (secondary N) is 1. The summed E-state index contributed by atoms with van der Waals surface area (Å²) in [6, 6.07) is 11.3. The third-order valence-corrected chi connectivity index (χ3v) is 8.96. The van der Waals surface area contributed by atoms with Crippen LogP contribution in [0.15, 0.2) is 52.5 Å². The third-order valence-electron chi connectivity index (χ3n) is 6.14. The quantitative estimate of drug-likeness (QED) is 0.583. The zero-order chi connectivity index (χ0) is 23.1. The van der Waals surface area contributed by atoms with Crippen molar-refractivity contribution in [3.05, 3.63) is 42.6 Å². The number of anilines is 2. The molecule has 2 aromatic rings. The Morgan fingerprint density at radius 2 is 1.52 bits per heavy atom. The maximum atomic E-state index is 12.7. The molecule has 1 amide bonds. The summed E-state index contributed by atoms with van der Waals surface area (Å²) in [5.74, 6) is 0.0911. The standard InChI is InChI=1S/C24H32N4O3S2/c29-23(26-20-8-10-21(11-9-20)27-14-4-1-2-5-15-27)19-32-24-13-12-22(18-25-24)33(30,31)28-16-6-3-7-17-28/h8-13,18H,1-7,14-17,19H2,(H,26,29). The zero-order valence-electron chi connectivity index (χ0n) is 18.9. The molecular weight excluding hydrogens is 456 g/mol. The average molecular weight is 489 g/mol. The Kier molecular flexibility index (Phi) is 8.27. The van der Waals surface area contributed by atoms with Crippen molar-refractivity contribution in [2.45, 2.75) is 54.9 Å². The highest BCUT2D eigenvalue weighted by molar-refractivity contribution is 7.99. The minimum atomic E-state index is -3.49. The second-order valence-electron chi connectivity index (χ2n) is 8.58. The van der Waals surface area contributed by atoms with Crippen LogP contribution in [0, 0.1) is 0 Å². The molecule has 3 heterocycles. The van der Waals surface area contributed by atoms with Gasteiger partial charge in [-0.05, 0) is 62.1 Å². The Bertz CT molecular complexity index is 1010. The predicted octanol–water partition coefficient (Wildman–Crippen LogP) is 4.37. The molecule has 9 heteroatoms. The summed E-state index contributed by atoms with van der Waals surface area (Å²) in [5.41, 5.74) is 1.98. The fraction of sp³-hybridized carbons (Fsp3) is 0.500. The molecular formula is C24H32N4O3S2. The van der Waals surface area contributed by atoms with Crippen LogP contribution >= 0.6 is 11.8 Å². The normalized spacial score (nSPS) is 18.0. The molecule has 178 valence electrons. The van der Waals surface area contributed by atoms with Crippen LogP contribution in [-0.2, 0) is 14.8 Å². The molecule has 0 bridgehead atoms. The number of benzene rings is 1. The van der Waals surface area contributed by atoms with Crippen molar-refractivity contribution in [3.63, 3.8) is 0 Å². The van der Waals surface area contributed by atoms with Crippen molar-refractivity contribution in [2.24, 2.45) is 0 Å². The highest BCUT2D eigenvalue weighted by atomic mass is 32.2. The zero-order valence-corrected chi connectivity index (χ0v) is 20.5. The van der Waals surface area contributed by atoms with Gasteiger partial charge in [-0.3, -0.25) is 4.79 Å². The molecule has 7 nitrogen and oxygen atoms in total. The Labute approximate surface area is 201 Å². The molecule has 1 N–H and O–H groups in total. The van der Waals surface area contributed by atoms with E-state index in [9.17, 15) is 13.2 Å². The first-order valence-electron chi connectivity index (χ1n) is 11.8. The SMILES string of the molecule is O=C(CSc1ccc(S(=O)(=O)N2CCCCC2)cn1)Nc1ccc(N2CCCCCC2)cc1. The van der Waals surface area contributed by atoms with E-state index in [2.05, 4.69) is 27.3 Å². The summed E-state index contributed by atoms with van der Waals surface area (Å²) in [4.78, 5) is 19.3. The Hall–Kier alpha value is -2.10. The van der Waals surface area contributed by atoms with Crippen molar-refractivity contribution < 1.29 is 13.2 Å². The van der Waals surface area contributed by atoms with Gasteiger partial charge in [0.2, 0.25) is 15.9 Å². The van der Waals surface area contributed by atoms with E-state index in [0.29, 0.717) is 18.1 Å². The van der Waals surface area contributed by atoms with E-state index in [0.717, 1.165) is 38.0 Å². The molecule has 2 aliphatic heterocycles. The average Bonchev–Trinajstić information content (AvgIpc) is 3.14. The maximum absolute atomic E-state index is 12.7. The second kappa shape index (κ2) is 11.4. The summed E-state index contributed by atoms with van der Waals surface area (Å²) in [6.45, 7) is 3.32. The minimum absolute atomic E-state index is 0.116. The van der Waals surface area contributed by atoms with E-state index in [1.165, 1.54) is 53.6 Å². The van der Waals surface area contributed by atoms with Gasteiger partial charge in [-0.15, -0.1) is 0 Å². The Morgan fingerprint density at radius 3 is 2.15 bits per heavy atom. The van der Waals surface area contributed by atoms with Gasteiger partial charge in [0.1, 0.15) is 4.90 Å². The molecule has 2 saturated heterocycles. The van der Waals surface area contributed by atoms with Crippen LogP contribution in [0.3, 0.4) is 0 Å². The molecule has 2 aliphatic rings. The van der Waals surface area contributed by atoms with Gasteiger partial charge in [-0.1, -0.05) is 31.0 Å². The molecule has 1 aromatic heterocycles. The van der Waals surface area contributed by atoms with Gasteiger partial charge in [0, 0.05) is 43.8 Å². The third kappa shape index (κ3) is 6.49. The topological polar surface area (TPSA) is 82.6 Å². The van der Waals surface area contributed by atoms with Crippen LogP contribution in [0.25, 0.3) is 0 Å². The summed E-state index contributed by atoms with van der Waals surface area (Å²) in [7, 11) is -3.49. The number of hydrogen-bond acceptors (Lipinski definition) is 6. The molecule has 4 rings (SSSR count). The van der Waals surface area contributed by atoms with E-state index in [1.807, 2.05) is 12.1 Å². The minimum Gasteiger partial charge on any atom is -0.372 e. The fourth-order valence-electron chi connectivity index (χ4n) is 4.28. The molecule has 0 radical (unpaired) electrons. The summed E-state index contributed by atoms with van der Waals surface area (Å²) in [6.07, 6.45) is 9.33. The maximum Gasteiger partial charge on any atom is 0.244 e. The van der Waals surface area contributed by atoms with Crippen LogP contribution < -0.4 is 10.2 Å². The van der Waals surface area contributed by atoms with Crippen LogP contribution in [-0.4, -0.2) is 55.5 Å². The van der Waals surface area contributed by atoms with Gasteiger partial charge in [-0.2, -0.15) is 4.31 Å². The van der Waals surface area contributed by atoms with Crippen LogP contribution in [0.4, 0.5) is 11.4 Å². The molecule has 33 heavy (non-hydrogen) atoms. The van der Waals surface area contributed by atoms with Crippen LogP contribution in [0.2, 0.25) is 0 Å². The van der Waals surface area contributed by atoms with Crippen molar-refractivity contribution in [1.82, 2.24) is 9.29 Å². The van der Waals surface area contributed by atoms with Crippen LogP contribution in [0.5, 0.6) is 0 Å². The predicted molar refractivity (Wildman–Crippen MR) is 133 cm³/mol. The first-order chi connectivity index (χ1) is 16.0. The molecule has 2 fully saturated rings. The molecule has 0 saturated carbocycles. The first kappa shape index (κ1) is 24.0. The van der Waals surface area contributed by atoms with Gasteiger partial charge >= 0.3 is 0 Å². The lowest BCUT2D eigenvalue weighted by molar-refractivity contribution is -0.113. The van der Waals surface area contributed by atoms with Crippen LogP contribution in [0.1, 0.15) is 44.9 Å². The largest absolute Gasteiger partial charge is 0.372 e. The first-order valence-corrected chi connectivity index (χ1v) is 14.2. The lowest BCUT2D eigenvalue weighted by Crippen LogP contribution is -2.35. The molecule has 0 spiro atoms. The smallest absolute Gasteiger partial charge is 0.244 e. The number of sulfonamides is 1. The Balaban J connectivity index is 1.27. The molecule has 1 aromatic carbocycles. The highest BCUT2D eigenvalue weighted by Crippen LogP contribution is 2.24. The fourth-order valence-corrected chi connectivity index (χ4v) is 6.39. The molecule has 0 atom stereocenters. The lowest BCUT2D eigenvalue weighted by atomic mass is 10.2. The number of aromatic nitrogens is 1. The highest BCUT2D eigenvalue weighted by Gasteiger charge is 2.26. The number of thioether (sulfide) groups is 1. The number of rotatable bonds is 7. The summed E-state index contributed by atoms with van der Waals surface area (Å²) >= 11 is 1.29. The van der Waals surface area contributed by atoms with Gasteiger partial charge in [0.05, 0.1) is 10.8 Å². The van der Waals surface area contributed by atoms with E-state index >= 15 is 0 Å². The lowest BCUT2D eigenvalue weighted by Gasteiger charge is -2.25. The van der Waals surface area contributed by atoms with Crippen molar-refractivity contribution >= 4 is 39.1 Å². The van der Waals surface area contributed by atoms with E-state index in [-0.39, 0.29) is 16.6 Å². The second-order valence-corrected chi connectivity index (χ2v) is 11.5. The monoisotopic (exact) mass is 488 g/mol. The van der Waals surface area contributed by atoms with Gasteiger partial charge in [0.25, 0.3) is 0 Å². The number of nitrogens with zero attached hydrogens (tertiary/aromatic N) is 3. The number of carbonyl (C=O) groups is 1.